The van der Waals surface area contributed by atoms with Gasteiger partial charge in [0.2, 0.25) is 17.7 Å². The monoisotopic (exact) mass is 799 g/mol. The molecule has 4 aromatic heterocycles. The Morgan fingerprint density at radius 2 is 1.50 bits per heavy atom. The predicted octanol–water partition coefficient (Wildman–Crippen LogP) is -5.72. The Hall–Kier alpha value is -3.33. The molecule has 0 saturated carbocycles. The van der Waals surface area contributed by atoms with E-state index >= 15 is 0 Å². The van der Waals surface area contributed by atoms with Gasteiger partial charge in [-0.25, -0.2) is 18.2 Å². The summed E-state index contributed by atoms with van der Waals surface area (Å²) in [6.45, 7) is -0.872. The fourth-order valence-corrected chi connectivity index (χ4v) is 8.89. The molecule has 7 unspecified atom stereocenters. The number of ether oxygens (including phenoxy) is 2. The summed E-state index contributed by atoms with van der Waals surface area (Å²) in [5, 5.41) is 42.0. The van der Waals surface area contributed by atoms with Crippen LogP contribution in [-0.4, -0.2) is 104 Å². The number of nitrogen functional groups attached to an aromatic ring is 1. The molecule has 11 atom stereocenters. The molecule has 286 valence electrons. The Kier molecular flexibility index (Phi) is 10.2. The lowest BCUT2D eigenvalue weighted by atomic mass is 10.1. The molecule has 0 aromatic carbocycles. The SMILES string of the molecule is Cc1nc2c(c(=O)[nH]1)n(C)c[n+]2[C@@H]1O[C@H](COP(=O)([O-])OP(=O)([O-])OP(=O)([O-])OC[C@H]2O[C@@H](n3cnc4c(=O)[nH]c(N)nc43)C(O)C2O)C(O)C1O. The van der Waals surface area contributed by atoms with Crippen LogP contribution in [0.4, 0.5) is 5.95 Å². The molecule has 2 aliphatic rings. The van der Waals surface area contributed by atoms with Gasteiger partial charge in [-0.3, -0.25) is 42.4 Å². The number of hydrogen-bond donors (Lipinski definition) is 7. The van der Waals surface area contributed by atoms with Crippen molar-refractivity contribution in [3.8, 4) is 0 Å². The maximum Gasteiger partial charge on any atom is 0.311 e. The zero-order valence-corrected chi connectivity index (χ0v) is 29.0. The first kappa shape index (κ1) is 38.4. The van der Waals surface area contributed by atoms with Crippen molar-refractivity contribution in [2.45, 2.75) is 56.0 Å². The average molecular weight is 799 g/mol. The maximum atomic E-state index is 12.4. The van der Waals surface area contributed by atoms with Crippen molar-refractivity contribution in [2.24, 2.45) is 7.05 Å². The molecule has 0 amide bonds. The van der Waals surface area contributed by atoms with E-state index in [-0.39, 0.29) is 34.1 Å². The molecule has 0 aliphatic carbocycles. The Morgan fingerprint density at radius 3 is 2.13 bits per heavy atom. The number of phosphoric ester groups is 2. The third-order valence-electron chi connectivity index (χ3n) is 7.76. The maximum absolute atomic E-state index is 12.4. The standard InChI is InChI=1S/C22H30N9O18P3/c1-7-25-17-11(19(37)26-7)29(2)6-31(17)21-15(35)13(33)9(47-21)4-45-51(40,41)49-52(42,43)48-50(38,39)44-3-8-12(32)14(34)20(46-8)30-5-24-10-16(30)27-22(23)28-18(10)36/h5-6,8-9,12-15,20-21,32-35H,3-4H2,1-2H3,(H6-,23,25,26,27,28,36,37,38,39,40,41,42,43)/p-2/t8-,9-,12?,13?,14?,15?,20-,21-/m1/s1. The number of aliphatic hydroxyl groups is 4. The van der Waals surface area contributed by atoms with Gasteiger partial charge in [0.15, 0.2) is 29.5 Å². The number of fused-ring (bicyclic) bond motifs is 2. The number of rotatable bonds is 12. The number of phosphoric acid groups is 3. The van der Waals surface area contributed by atoms with E-state index in [9.17, 15) is 58.4 Å². The molecule has 0 spiro atoms. The van der Waals surface area contributed by atoms with Gasteiger partial charge < -0.3 is 59.4 Å². The molecule has 4 aromatic rings. The summed E-state index contributed by atoms with van der Waals surface area (Å²) >= 11 is 0. The highest BCUT2D eigenvalue weighted by molar-refractivity contribution is 7.65. The zero-order valence-electron chi connectivity index (χ0n) is 26.3. The average Bonchev–Trinajstić information content (AvgIpc) is 3.74. The van der Waals surface area contributed by atoms with E-state index in [0.29, 0.717) is 0 Å². The highest BCUT2D eigenvalue weighted by Crippen LogP contribution is 2.63. The Morgan fingerprint density at radius 1 is 0.904 bits per heavy atom. The minimum absolute atomic E-state index is 0.0330. The van der Waals surface area contributed by atoms with E-state index in [2.05, 4.69) is 42.6 Å². The van der Waals surface area contributed by atoms with Crippen LogP contribution in [0.15, 0.2) is 22.2 Å². The van der Waals surface area contributed by atoms with Gasteiger partial charge in [0, 0.05) is 6.92 Å². The molecule has 2 saturated heterocycles. The van der Waals surface area contributed by atoms with Crippen LogP contribution >= 0.6 is 23.5 Å². The number of H-pyrrole nitrogens is 2. The summed E-state index contributed by atoms with van der Waals surface area (Å²) in [4.78, 5) is 77.9. The molecular formula is C22H28N9O18P3-2. The molecule has 2 fully saturated rings. The number of aryl methyl sites for hydroxylation is 2. The molecule has 6 rings (SSSR count). The van der Waals surface area contributed by atoms with Gasteiger partial charge in [0.25, 0.3) is 34.6 Å². The number of hydrogen-bond acceptors (Lipinski definition) is 22. The molecule has 30 heteroatoms. The van der Waals surface area contributed by atoms with Crippen molar-refractivity contribution in [3.63, 3.8) is 0 Å². The number of aliphatic hydroxyl groups excluding tert-OH is 4. The van der Waals surface area contributed by atoms with Crippen molar-refractivity contribution < 1.29 is 80.5 Å². The normalized spacial score (nSPS) is 30.1. The lowest BCUT2D eigenvalue weighted by molar-refractivity contribution is -0.745. The largest absolute Gasteiger partial charge is 0.756 e. The van der Waals surface area contributed by atoms with Gasteiger partial charge in [-0.15, -0.1) is 0 Å². The van der Waals surface area contributed by atoms with E-state index in [1.54, 1.807) is 0 Å². The molecule has 52 heavy (non-hydrogen) atoms. The van der Waals surface area contributed by atoms with Crippen LogP contribution in [0.3, 0.4) is 0 Å². The van der Waals surface area contributed by atoms with Gasteiger partial charge >= 0.3 is 5.65 Å². The summed E-state index contributed by atoms with van der Waals surface area (Å²) < 4.78 is 67.8. The van der Waals surface area contributed by atoms with Gasteiger partial charge in [0.1, 0.15) is 36.6 Å². The summed E-state index contributed by atoms with van der Waals surface area (Å²) in [5.41, 5.74) is 3.96. The summed E-state index contributed by atoms with van der Waals surface area (Å²) in [6, 6.07) is 0. The number of imidazole rings is 2. The number of nitrogens with two attached hydrogens (primary N) is 1. The Balaban J connectivity index is 1.05. The van der Waals surface area contributed by atoms with Crippen LogP contribution < -0.4 is 36.1 Å². The Labute approximate surface area is 287 Å². The lowest BCUT2D eigenvalue weighted by Gasteiger charge is -2.34. The van der Waals surface area contributed by atoms with Crippen LogP contribution in [0.2, 0.25) is 0 Å². The second-order valence-electron chi connectivity index (χ2n) is 11.4. The van der Waals surface area contributed by atoms with Crippen LogP contribution in [0.5, 0.6) is 0 Å². The second-order valence-corrected chi connectivity index (χ2v) is 15.9. The van der Waals surface area contributed by atoms with Gasteiger partial charge in [-0.2, -0.15) is 4.98 Å². The topological polar surface area (TPSA) is 401 Å². The van der Waals surface area contributed by atoms with Crippen molar-refractivity contribution in [1.82, 2.24) is 34.1 Å². The number of anilines is 1. The summed E-state index contributed by atoms with van der Waals surface area (Å²) in [6.07, 6.45) is -11.2. The second kappa shape index (κ2) is 13.8. The highest BCUT2D eigenvalue weighted by Gasteiger charge is 2.48. The van der Waals surface area contributed by atoms with Crippen LogP contribution in [-0.2, 0) is 47.9 Å². The number of aromatic amines is 2. The number of nitrogens with zero attached hydrogens (tertiary/aromatic N) is 6. The van der Waals surface area contributed by atoms with Crippen LogP contribution in [0.25, 0.3) is 22.3 Å². The van der Waals surface area contributed by atoms with Gasteiger partial charge in [-0.1, -0.05) is 4.98 Å². The minimum atomic E-state index is -6.36. The van der Waals surface area contributed by atoms with Gasteiger partial charge in [-0.05, 0) is 0 Å². The van der Waals surface area contributed by atoms with E-state index in [4.69, 9.17) is 15.2 Å². The van der Waals surface area contributed by atoms with Crippen molar-refractivity contribution >= 4 is 51.7 Å². The molecule has 2 aliphatic heterocycles. The van der Waals surface area contributed by atoms with Crippen molar-refractivity contribution in [2.75, 3.05) is 18.9 Å². The number of nitrogens with one attached hydrogen (secondary N) is 2. The fraction of sp³-hybridized carbons (Fsp3) is 0.545. The quantitative estimate of drug-likeness (QED) is 0.0518. The first-order valence-corrected chi connectivity index (χ1v) is 18.9. The first-order chi connectivity index (χ1) is 24.2. The lowest BCUT2D eigenvalue weighted by Crippen LogP contribution is -2.46. The summed E-state index contributed by atoms with van der Waals surface area (Å²) in [5.74, 6) is -0.124. The van der Waals surface area contributed by atoms with E-state index < -0.39 is 96.9 Å². The molecule has 0 radical (unpaired) electrons. The third-order valence-corrected chi connectivity index (χ3v) is 11.9. The van der Waals surface area contributed by atoms with Crippen molar-refractivity contribution in [1.29, 1.82) is 0 Å². The van der Waals surface area contributed by atoms with Gasteiger partial charge in [0.05, 0.1) is 26.6 Å². The molecule has 8 N–H and O–H groups in total. The first-order valence-electron chi connectivity index (χ1n) is 14.5. The minimum Gasteiger partial charge on any atom is -0.756 e. The summed E-state index contributed by atoms with van der Waals surface area (Å²) in [7, 11) is -16.9. The fourth-order valence-electron chi connectivity index (χ4n) is 5.51. The number of aromatic nitrogens is 8. The molecule has 0 bridgehead atoms. The highest BCUT2D eigenvalue weighted by atomic mass is 31.3. The van der Waals surface area contributed by atoms with E-state index in [1.165, 1.54) is 29.4 Å². The van der Waals surface area contributed by atoms with E-state index in [1.807, 2.05) is 0 Å². The van der Waals surface area contributed by atoms with E-state index in [0.717, 1.165) is 10.9 Å². The molecule has 6 heterocycles. The third kappa shape index (κ3) is 7.53. The van der Waals surface area contributed by atoms with Crippen LogP contribution in [0, 0.1) is 6.92 Å². The van der Waals surface area contributed by atoms with Crippen molar-refractivity contribution in [3.05, 3.63) is 39.2 Å². The predicted molar refractivity (Wildman–Crippen MR) is 158 cm³/mol. The van der Waals surface area contributed by atoms with Crippen LogP contribution in [0.1, 0.15) is 18.3 Å². The zero-order chi connectivity index (χ0) is 38.1. The smallest absolute Gasteiger partial charge is 0.311 e. The molecular weight excluding hydrogens is 771 g/mol. The molecule has 27 nitrogen and oxygen atoms in total. The Bertz CT molecular complexity index is 2280.